The van der Waals surface area contributed by atoms with Gasteiger partial charge in [0.2, 0.25) is 0 Å². The Morgan fingerprint density at radius 3 is 2.41 bits per heavy atom. The van der Waals surface area contributed by atoms with E-state index in [9.17, 15) is 5.11 Å². The molecular formula is C15H30O2. The zero-order chi connectivity index (χ0) is 12.5. The lowest BCUT2D eigenvalue weighted by atomic mass is 9.89. The van der Waals surface area contributed by atoms with Crippen molar-refractivity contribution in [3.8, 4) is 0 Å². The van der Waals surface area contributed by atoms with E-state index in [1.807, 2.05) is 0 Å². The highest BCUT2D eigenvalue weighted by Gasteiger charge is 2.19. The van der Waals surface area contributed by atoms with E-state index in [2.05, 4.69) is 13.8 Å². The van der Waals surface area contributed by atoms with Crippen LogP contribution in [-0.4, -0.2) is 23.9 Å². The van der Waals surface area contributed by atoms with Crippen molar-refractivity contribution in [1.29, 1.82) is 0 Å². The second kappa shape index (κ2) is 8.93. The first-order valence-electron chi connectivity index (χ1n) is 7.57. The van der Waals surface area contributed by atoms with Gasteiger partial charge in [0, 0.05) is 6.61 Å². The van der Waals surface area contributed by atoms with Gasteiger partial charge in [0.15, 0.2) is 0 Å². The Morgan fingerprint density at radius 2 is 1.88 bits per heavy atom. The molecule has 1 fully saturated rings. The van der Waals surface area contributed by atoms with Crippen molar-refractivity contribution in [2.24, 2.45) is 5.92 Å². The standard InChI is InChI=1S/C15H30O2/c1-3-7-13(8-4-2)15(16)11-5-9-14-10-6-12-17-14/h13-16H,3-12H2,1-2H3. The lowest BCUT2D eigenvalue weighted by Crippen LogP contribution is -2.21. The molecule has 102 valence electrons. The van der Waals surface area contributed by atoms with Crippen molar-refractivity contribution < 1.29 is 9.84 Å². The van der Waals surface area contributed by atoms with E-state index >= 15 is 0 Å². The van der Waals surface area contributed by atoms with Crippen LogP contribution >= 0.6 is 0 Å². The molecule has 1 N–H and O–H groups in total. The van der Waals surface area contributed by atoms with Gasteiger partial charge in [0.1, 0.15) is 0 Å². The highest BCUT2D eigenvalue weighted by Crippen LogP contribution is 2.23. The molecule has 1 aliphatic rings. The van der Waals surface area contributed by atoms with Gasteiger partial charge < -0.3 is 9.84 Å². The molecule has 1 heterocycles. The number of rotatable bonds is 9. The molecular weight excluding hydrogens is 212 g/mol. The van der Waals surface area contributed by atoms with Crippen LogP contribution in [0.3, 0.4) is 0 Å². The first-order chi connectivity index (χ1) is 8.27. The highest BCUT2D eigenvalue weighted by molar-refractivity contribution is 4.71. The number of aliphatic hydroxyl groups excluding tert-OH is 1. The third-order valence-electron chi connectivity index (χ3n) is 3.91. The minimum atomic E-state index is -0.0868. The van der Waals surface area contributed by atoms with Crippen molar-refractivity contribution in [1.82, 2.24) is 0 Å². The summed E-state index contributed by atoms with van der Waals surface area (Å²) < 4.78 is 5.61. The van der Waals surface area contributed by atoms with Gasteiger partial charge in [-0.3, -0.25) is 0 Å². The van der Waals surface area contributed by atoms with Crippen LogP contribution in [0.5, 0.6) is 0 Å². The molecule has 0 radical (unpaired) electrons. The smallest absolute Gasteiger partial charge is 0.0576 e. The molecule has 0 bridgehead atoms. The van der Waals surface area contributed by atoms with E-state index < -0.39 is 0 Å². The van der Waals surface area contributed by atoms with Gasteiger partial charge in [-0.15, -0.1) is 0 Å². The van der Waals surface area contributed by atoms with Gasteiger partial charge in [-0.25, -0.2) is 0 Å². The van der Waals surface area contributed by atoms with Crippen molar-refractivity contribution in [3.63, 3.8) is 0 Å². The Balaban J connectivity index is 2.13. The third-order valence-corrected chi connectivity index (χ3v) is 3.91. The molecule has 1 rings (SSSR count). The Labute approximate surface area is 107 Å². The van der Waals surface area contributed by atoms with Crippen molar-refractivity contribution in [3.05, 3.63) is 0 Å². The fraction of sp³-hybridized carbons (Fsp3) is 1.00. The summed E-state index contributed by atoms with van der Waals surface area (Å²) in [5, 5.41) is 10.2. The number of hydrogen-bond donors (Lipinski definition) is 1. The molecule has 17 heavy (non-hydrogen) atoms. The first-order valence-corrected chi connectivity index (χ1v) is 7.57. The fourth-order valence-electron chi connectivity index (χ4n) is 2.93. The second-order valence-electron chi connectivity index (χ2n) is 5.47. The average molecular weight is 242 g/mol. The van der Waals surface area contributed by atoms with Crippen LogP contribution in [0.2, 0.25) is 0 Å². The van der Waals surface area contributed by atoms with Gasteiger partial charge in [-0.1, -0.05) is 26.7 Å². The molecule has 0 aromatic heterocycles. The van der Waals surface area contributed by atoms with Gasteiger partial charge in [0.25, 0.3) is 0 Å². The fourth-order valence-corrected chi connectivity index (χ4v) is 2.93. The number of hydrogen-bond acceptors (Lipinski definition) is 2. The Morgan fingerprint density at radius 1 is 1.18 bits per heavy atom. The zero-order valence-corrected chi connectivity index (χ0v) is 11.7. The van der Waals surface area contributed by atoms with E-state index in [4.69, 9.17) is 4.74 Å². The van der Waals surface area contributed by atoms with Crippen molar-refractivity contribution in [2.75, 3.05) is 6.61 Å². The quantitative estimate of drug-likeness (QED) is 0.664. The normalized spacial score (nSPS) is 22.2. The van der Waals surface area contributed by atoms with Crippen LogP contribution in [0.15, 0.2) is 0 Å². The van der Waals surface area contributed by atoms with Gasteiger partial charge >= 0.3 is 0 Å². The third kappa shape index (κ3) is 5.87. The maximum Gasteiger partial charge on any atom is 0.0576 e. The summed E-state index contributed by atoms with van der Waals surface area (Å²) in [7, 11) is 0. The zero-order valence-electron chi connectivity index (χ0n) is 11.7. The highest BCUT2D eigenvalue weighted by atomic mass is 16.5. The molecule has 2 atom stereocenters. The largest absolute Gasteiger partial charge is 0.393 e. The van der Waals surface area contributed by atoms with E-state index in [1.165, 1.54) is 38.5 Å². The number of aliphatic hydroxyl groups is 1. The topological polar surface area (TPSA) is 29.5 Å². The average Bonchev–Trinajstić information content (AvgIpc) is 2.81. The number of ether oxygens (including phenoxy) is 1. The molecule has 0 aromatic rings. The summed E-state index contributed by atoms with van der Waals surface area (Å²) in [5.74, 6) is 0.523. The predicted molar refractivity (Wildman–Crippen MR) is 72.1 cm³/mol. The summed E-state index contributed by atoms with van der Waals surface area (Å²) in [6.45, 7) is 5.37. The lowest BCUT2D eigenvalue weighted by molar-refractivity contribution is 0.0707. The van der Waals surface area contributed by atoms with Gasteiger partial charge in [0.05, 0.1) is 12.2 Å². The minimum Gasteiger partial charge on any atom is -0.393 e. The van der Waals surface area contributed by atoms with Crippen LogP contribution in [-0.2, 0) is 4.74 Å². The summed E-state index contributed by atoms with van der Waals surface area (Å²) in [4.78, 5) is 0. The summed E-state index contributed by atoms with van der Waals surface area (Å²) in [5.41, 5.74) is 0. The van der Waals surface area contributed by atoms with E-state index in [0.717, 1.165) is 25.9 Å². The Hall–Kier alpha value is -0.0800. The van der Waals surface area contributed by atoms with Crippen molar-refractivity contribution >= 4 is 0 Å². The van der Waals surface area contributed by atoms with Crippen LogP contribution in [0.1, 0.15) is 71.6 Å². The summed E-state index contributed by atoms with van der Waals surface area (Å²) in [6.07, 6.45) is 10.8. The molecule has 0 spiro atoms. The van der Waals surface area contributed by atoms with Gasteiger partial charge in [-0.05, 0) is 50.9 Å². The molecule has 2 heteroatoms. The first kappa shape index (κ1) is 15.0. The Kier molecular flexibility index (Phi) is 7.87. The Bertz CT molecular complexity index is 170. The SMILES string of the molecule is CCCC(CCC)C(O)CCCC1CCCO1. The van der Waals surface area contributed by atoms with Crippen LogP contribution in [0.4, 0.5) is 0 Å². The predicted octanol–water partition coefficient (Wildman–Crippen LogP) is 3.91. The van der Waals surface area contributed by atoms with Crippen LogP contribution in [0, 0.1) is 5.92 Å². The molecule has 0 aliphatic carbocycles. The van der Waals surface area contributed by atoms with Crippen LogP contribution < -0.4 is 0 Å². The molecule has 2 unspecified atom stereocenters. The molecule has 0 aromatic carbocycles. The molecule has 1 aliphatic heterocycles. The van der Waals surface area contributed by atoms with Crippen molar-refractivity contribution in [2.45, 2.75) is 83.8 Å². The maximum atomic E-state index is 10.2. The summed E-state index contributed by atoms with van der Waals surface area (Å²) in [6, 6.07) is 0. The van der Waals surface area contributed by atoms with E-state index in [0.29, 0.717) is 12.0 Å². The second-order valence-corrected chi connectivity index (χ2v) is 5.47. The molecule has 2 nitrogen and oxygen atoms in total. The van der Waals surface area contributed by atoms with E-state index in [-0.39, 0.29) is 6.10 Å². The van der Waals surface area contributed by atoms with Gasteiger partial charge in [-0.2, -0.15) is 0 Å². The lowest BCUT2D eigenvalue weighted by Gasteiger charge is -2.22. The summed E-state index contributed by atoms with van der Waals surface area (Å²) >= 11 is 0. The van der Waals surface area contributed by atoms with E-state index in [1.54, 1.807) is 0 Å². The maximum absolute atomic E-state index is 10.2. The van der Waals surface area contributed by atoms with Crippen LogP contribution in [0.25, 0.3) is 0 Å². The molecule has 0 amide bonds. The molecule has 0 saturated carbocycles. The monoisotopic (exact) mass is 242 g/mol. The molecule has 1 saturated heterocycles. The minimum absolute atomic E-state index is 0.0868.